The smallest absolute Gasteiger partial charge is 0.253 e. The fraction of sp³-hybridized carbons (Fsp3) is 0.316. The SMILES string of the molecule is COc1ccc(N2CCN(C(=O)c3ccccc3)CC2)c(OC)c1. The number of methoxy groups -OCH3 is 2. The van der Waals surface area contributed by atoms with E-state index in [-0.39, 0.29) is 5.91 Å². The Bertz CT molecular complexity index is 695. The Hall–Kier alpha value is -2.69. The lowest BCUT2D eigenvalue weighted by molar-refractivity contribution is 0.0746. The molecule has 1 heterocycles. The van der Waals surface area contributed by atoms with Crippen molar-refractivity contribution in [1.29, 1.82) is 0 Å². The van der Waals surface area contributed by atoms with Crippen molar-refractivity contribution in [2.45, 2.75) is 0 Å². The molecule has 1 aliphatic rings. The molecule has 1 saturated heterocycles. The number of anilines is 1. The summed E-state index contributed by atoms with van der Waals surface area (Å²) in [6.07, 6.45) is 0. The molecular formula is C19H22N2O3. The van der Waals surface area contributed by atoms with Gasteiger partial charge >= 0.3 is 0 Å². The molecule has 2 aromatic carbocycles. The summed E-state index contributed by atoms with van der Waals surface area (Å²) in [5.74, 6) is 1.66. The lowest BCUT2D eigenvalue weighted by Gasteiger charge is -2.36. The van der Waals surface area contributed by atoms with Crippen LogP contribution in [0.25, 0.3) is 0 Å². The minimum absolute atomic E-state index is 0.0944. The third-order valence-electron chi connectivity index (χ3n) is 4.32. The van der Waals surface area contributed by atoms with Crippen molar-refractivity contribution >= 4 is 11.6 Å². The van der Waals surface area contributed by atoms with Crippen molar-refractivity contribution in [3.63, 3.8) is 0 Å². The minimum atomic E-state index is 0.0944. The van der Waals surface area contributed by atoms with Crippen LogP contribution in [0.3, 0.4) is 0 Å². The van der Waals surface area contributed by atoms with Crippen LogP contribution in [0.1, 0.15) is 10.4 Å². The summed E-state index contributed by atoms with van der Waals surface area (Å²) in [5, 5.41) is 0. The van der Waals surface area contributed by atoms with Crippen molar-refractivity contribution < 1.29 is 14.3 Å². The van der Waals surface area contributed by atoms with Gasteiger partial charge in [0.1, 0.15) is 11.5 Å². The second kappa shape index (κ2) is 7.25. The molecular weight excluding hydrogens is 304 g/mol. The highest BCUT2D eigenvalue weighted by atomic mass is 16.5. The molecule has 24 heavy (non-hydrogen) atoms. The highest BCUT2D eigenvalue weighted by molar-refractivity contribution is 5.94. The first-order valence-corrected chi connectivity index (χ1v) is 8.04. The van der Waals surface area contributed by atoms with Crippen molar-refractivity contribution in [3.8, 4) is 11.5 Å². The van der Waals surface area contributed by atoms with Gasteiger partial charge in [0.2, 0.25) is 0 Å². The summed E-state index contributed by atoms with van der Waals surface area (Å²) in [5.41, 5.74) is 1.78. The lowest BCUT2D eigenvalue weighted by Crippen LogP contribution is -2.48. The van der Waals surface area contributed by atoms with Gasteiger partial charge < -0.3 is 19.3 Å². The van der Waals surface area contributed by atoms with Gasteiger partial charge in [-0.3, -0.25) is 4.79 Å². The van der Waals surface area contributed by atoms with E-state index in [2.05, 4.69) is 4.90 Å². The molecule has 3 rings (SSSR count). The average molecular weight is 326 g/mol. The van der Waals surface area contributed by atoms with Crippen LogP contribution < -0.4 is 14.4 Å². The van der Waals surface area contributed by atoms with E-state index in [9.17, 15) is 4.79 Å². The predicted octanol–water partition coefficient (Wildman–Crippen LogP) is 2.67. The van der Waals surface area contributed by atoms with Crippen LogP contribution in [0.15, 0.2) is 48.5 Å². The molecule has 0 spiro atoms. The van der Waals surface area contributed by atoms with Gasteiger partial charge in [-0.15, -0.1) is 0 Å². The maximum absolute atomic E-state index is 12.5. The quantitative estimate of drug-likeness (QED) is 0.866. The molecule has 0 aromatic heterocycles. The van der Waals surface area contributed by atoms with E-state index < -0.39 is 0 Å². The largest absolute Gasteiger partial charge is 0.497 e. The van der Waals surface area contributed by atoms with E-state index in [1.54, 1.807) is 14.2 Å². The van der Waals surface area contributed by atoms with Gasteiger partial charge in [0, 0.05) is 37.8 Å². The maximum atomic E-state index is 12.5. The molecule has 0 unspecified atom stereocenters. The molecule has 0 radical (unpaired) electrons. The topological polar surface area (TPSA) is 42.0 Å². The first-order chi connectivity index (χ1) is 11.7. The number of rotatable bonds is 4. The standard InChI is InChI=1S/C19H22N2O3/c1-23-16-8-9-17(18(14-16)24-2)20-10-12-21(13-11-20)19(22)15-6-4-3-5-7-15/h3-9,14H,10-13H2,1-2H3. The zero-order valence-electron chi connectivity index (χ0n) is 14.1. The fourth-order valence-corrected chi connectivity index (χ4v) is 2.96. The summed E-state index contributed by atoms with van der Waals surface area (Å²) in [6, 6.07) is 15.3. The number of nitrogens with zero attached hydrogens (tertiary/aromatic N) is 2. The van der Waals surface area contributed by atoms with Crippen LogP contribution in [0.2, 0.25) is 0 Å². The van der Waals surface area contributed by atoms with Crippen LogP contribution in [-0.4, -0.2) is 51.2 Å². The van der Waals surface area contributed by atoms with E-state index in [0.29, 0.717) is 13.1 Å². The molecule has 0 N–H and O–H groups in total. The summed E-state index contributed by atoms with van der Waals surface area (Å²) in [6.45, 7) is 2.95. The van der Waals surface area contributed by atoms with Gasteiger partial charge in [0.05, 0.1) is 19.9 Å². The van der Waals surface area contributed by atoms with Crippen molar-refractivity contribution in [3.05, 3.63) is 54.1 Å². The Morgan fingerprint density at radius 2 is 1.62 bits per heavy atom. The van der Waals surface area contributed by atoms with Crippen molar-refractivity contribution in [2.75, 3.05) is 45.3 Å². The van der Waals surface area contributed by atoms with E-state index in [0.717, 1.165) is 35.8 Å². The molecule has 0 atom stereocenters. The van der Waals surface area contributed by atoms with Crippen LogP contribution in [-0.2, 0) is 0 Å². The summed E-state index contributed by atoms with van der Waals surface area (Å²) < 4.78 is 10.7. The molecule has 1 aliphatic heterocycles. The third kappa shape index (κ3) is 3.30. The zero-order chi connectivity index (χ0) is 16.9. The number of hydrogen-bond acceptors (Lipinski definition) is 4. The number of amides is 1. The van der Waals surface area contributed by atoms with Crippen LogP contribution in [0, 0.1) is 0 Å². The number of hydrogen-bond donors (Lipinski definition) is 0. The molecule has 5 heteroatoms. The molecule has 5 nitrogen and oxygen atoms in total. The molecule has 1 fully saturated rings. The monoisotopic (exact) mass is 326 g/mol. The summed E-state index contributed by atoms with van der Waals surface area (Å²) in [4.78, 5) is 16.7. The highest BCUT2D eigenvalue weighted by Crippen LogP contribution is 2.32. The Morgan fingerprint density at radius 3 is 2.25 bits per heavy atom. The van der Waals surface area contributed by atoms with E-state index in [4.69, 9.17) is 9.47 Å². The Kier molecular flexibility index (Phi) is 4.89. The van der Waals surface area contributed by atoms with Gasteiger partial charge in [-0.25, -0.2) is 0 Å². The molecule has 126 valence electrons. The first kappa shape index (κ1) is 16.2. The van der Waals surface area contributed by atoms with Crippen molar-refractivity contribution in [1.82, 2.24) is 4.90 Å². The van der Waals surface area contributed by atoms with E-state index in [1.807, 2.05) is 53.4 Å². The van der Waals surface area contributed by atoms with Gasteiger partial charge in [0.15, 0.2) is 0 Å². The number of benzene rings is 2. The highest BCUT2D eigenvalue weighted by Gasteiger charge is 2.23. The van der Waals surface area contributed by atoms with E-state index in [1.165, 1.54) is 0 Å². The lowest BCUT2D eigenvalue weighted by atomic mass is 10.1. The maximum Gasteiger partial charge on any atom is 0.253 e. The first-order valence-electron chi connectivity index (χ1n) is 8.04. The molecule has 0 saturated carbocycles. The van der Waals surface area contributed by atoms with Crippen molar-refractivity contribution in [2.24, 2.45) is 0 Å². The Balaban J connectivity index is 1.68. The van der Waals surface area contributed by atoms with Gasteiger partial charge in [-0.2, -0.15) is 0 Å². The zero-order valence-corrected chi connectivity index (χ0v) is 14.1. The van der Waals surface area contributed by atoms with E-state index >= 15 is 0 Å². The van der Waals surface area contributed by atoms with Gasteiger partial charge in [0.25, 0.3) is 5.91 Å². The molecule has 0 aliphatic carbocycles. The summed E-state index contributed by atoms with van der Waals surface area (Å²) >= 11 is 0. The number of ether oxygens (including phenoxy) is 2. The molecule has 0 bridgehead atoms. The predicted molar refractivity (Wildman–Crippen MR) is 94.1 cm³/mol. The fourth-order valence-electron chi connectivity index (χ4n) is 2.96. The van der Waals surface area contributed by atoms with Crippen LogP contribution >= 0.6 is 0 Å². The number of carbonyl (C=O) groups excluding carboxylic acids is 1. The second-order valence-corrected chi connectivity index (χ2v) is 5.68. The van der Waals surface area contributed by atoms with Gasteiger partial charge in [-0.1, -0.05) is 18.2 Å². The normalized spacial score (nSPS) is 14.4. The van der Waals surface area contributed by atoms with Crippen LogP contribution in [0.4, 0.5) is 5.69 Å². The number of piperazine rings is 1. The van der Waals surface area contributed by atoms with Crippen LogP contribution in [0.5, 0.6) is 11.5 Å². The second-order valence-electron chi connectivity index (χ2n) is 5.68. The average Bonchev–Trinajstić information content (AvgIpc) is 2.67. The Labute approximate surface area is 142 Å². The van der Waals surface area contributed by atoms with Gasteiger partial charge in [-0.05, 0) is 24.3 Å². The minimum Gasteiger partial charge on any atom is -0.497 e. The Morgan fingerprint density at radius 1 is 0.917 bits per heavy atom. The third-order valence-corrected chi connectivity index (χ3v) is 4.32. The molecule has 2 aromatic rings. The number of carbonyl (C=O) groups is 1. The molecule has 1 amide bonds. The summed E-state index contributed by atoms with van der Waals surface area (Å²) in [7, 11) is 3.30.